The normalized spacial score (nSPS) is 7.33. The van der Waals surface area contributed by atoms with Gasteiger partial charge in [0.25, 0.3) is 0 Å². The van der Waals surface area contributed by atoms with Crippen LogP contribution in [0.5, 0.6) is 5.75 Å². The number of rotatable bonds is 3. The Bertz CT molecular complexity index is 292. The van der Waals surface area contributed by atoms with E-state index in [1.165, 1.54) is 6.07 Å². The highest BCUT2D eigenvalue weighted by molar-refractivity contribution is 5.51. The van der Waals surface area contributed by atoms with Gasteiger partial charge in [0.05, 0.1) is 0 Å². The van der Waals surface area contributed by atoms with Gasteiger partial charge in [0.2, 0.25) is 0 Å². The molecule has 5 heteroatoms. The standard InChI is InChI=1S/C8H6F2O2.2C2H6.CH4O/c9-7-2-1-6(5-8(7)10)12-4-3-11;3*1-2/h1-3,5H,4H2;2*1-2H3;2H,1H3. The average Bonchev–Trinajstić information content (AvgIpc) is 2.47. The third-order valence-electron chi connectivity index (χ3n) is 1.21. The molecule has 3 nitrogen and oxygen atoms in total. The second-order valence-corrected chi connectivity index (χ2v) is 2.05. The molecule has 1 rings (SSSR count). The lowest BCUT2D eigenvalue weighted by atomic mass is 10.3. The second-order valence-electron chi connectivity index (χ2n) is 2.05. The fourth-order valence-electron chi connectivity index (χ4n) is 0.697. The first kappa shape index (κ1) is 21.8. The van der Waals surface area contributed by atoms with Gasteiger partial charge in [0.1, 0.15) is 12.4 Å². The van der Waals surface area contributed by atoms with Gasteiger partial charge in [-0.05, 0) is 12.1 Å². The summed E-state index contributed by atoms with van der Waals surface area (Å²) in [6, 6.07) is 3.08. The Hall–Kier alpha value is -1.49. The SMILES string of the molecule is CC.CC.CO.O=CCOc1ccc(F)c(F)c1. The van der Waals surface area contributed by atoms with Crippen LogP contribution >= 0.6 is 0 Å². The molecule has 1 N–H and O–H groups in total. The summed E-state index contributed by atoms with van der Waals surface area (Å²) in [5.41, 5.74) is 0. The lowest BCUT2D eigenvalue weighted by Crippen LogP contribution is -1.98. The zero-order valence-corrected chi connectivity index (χ0v) is 11.5. The van der Waals surface area contributed by atoms with Gasteiger partial charge in [-0.1, -0.05) is 27.7 Å². The molecule has 0 amide bonds. The summed E-state index contributed by atoms with van der Waals surface area (Å²) in [6.45, 7) is 7.84. The molecule has 0 aliphatic rings. The summed E-state index contributed by atoms with van der Waals surface area (Å²) in [5, 5.41) is 7.00. The number of hydrogen-bond acceptors (Lipinski definition) is 3. The zero-order valence-electron chi connectivity index (χ0n) is 11.5. The first-order valence-electron chi connectivity index (χ1n) is 5.70. The van der Waals surface area contributed by atoms with Gasteiger partial charge in [0, 0.05) is 13.2 Å². The van der Waals surface area contributed by atoms with Crippen LogP contribution in [0.15, 0.2) is 18.2 Å². The molecular formula is C13H22F2O3. The van der Waals surface area contributed by atoms with Gasteiger partial charge >= 0.3 is 0 Å². The Labute approximate surface area is 107 Å². The number of aldehydes is 1. The number of benzene rings is 1. The summed E-state index contributed by atoms with van der Waals surface area (Å²) in [5.74, 6) is -1.78. The lowest BCUT2D eigenvalue weighted by Gasteiger charge is -2.01. The monoisotopic (exact) mass is 264 g/mol. The molecule has 0 spiro atoms. The van der Waals surface area contributed by atoms with Crippen molar-refractivity contribution in [3.63, 3.8) is 0 Å². The van der Waals surface area contributed by atoms with Crippen LogP contribution < -0.4 is 4.74 Å². The van der Waals surface area contributed by atoms with Gasteiger partial charge in [-0.15, -0.1) is 0 Å². The van der Waals surface area contributed by atoms with E-state index in [4.69, 9.17) is 9.84 Å². The van der Waals surface area contributed by atoms with Crippen molar-refractivity contribution in [2.45, 2.75) is 27.7 Å². The number of hydrogen-bond donors (Lipinski definition) is 1. The summed E-state index contributed by atoms with van der Waals surface area (Å²) >= 11 is 0. The third-order valence-corrected chi connectivity index (χ3v) is 1.21. The van der Waals surface area contributed by atoms with E-state index in [1.807, 2.05) is 27.7 Å². The van der Waals surface area contributed by atoms with E-state index in [0.29, 0.717) is 6.29 Å². The molecule has 0 unspecified atom stereocenters. The van der Waals surface area contributed by atoms with Crippen LogP contribution in [-0.2, 0) is 4.79 Å². The van der Waals surface area contributed by atoms with Crippen molar-refractivity contribution in [1.82, 2.24) is 0 Å². The number of aliphatic hydroxyl groups is 1. The number of halogens is 2. The van der Waals surface area contributed by atoms with Crippen molar-refractivity contribution in [2.24, 2.45) is 0 Å². The van der Waals surface area contributed by atoms with Gasteiger partial charge in [0.15, 0.2) is 17.9 Å². The van der Waals surface area contributed by atoms with E-state index >= 15 is 0 Å². The minimum absolute atomic E-state index is 0.140. The molecule has 0 atom stereocenters. The Balaban J connectivity index is -0.000000328. The number of carbonyl (C=O) groups is 1. The van der Waals surface area contributed by atoms with Gasteiger partial charge < -0.3 is 9.84 Å². The van der Waals surface area contributed by atoms with Gasteiger partial charge in [-0.2, -0.15) is 0 Å². The fourth-order valence-corrected chi connectivity index (χ4v) is 0.697. The Morgan fingerprint density at radius 1 is 1.11 bits per heavy atom. The smallest absolute Gasteiger partial charge is 0.162 e. The van der Waals surface area contributed by atoms with Gasteiger partial charge in [-0.25, -0.2) is 8.78 Å². The number of aliphatic hydroxyl groups excluding tert-OH is 1. The van der Waals surface area contributed by atoms with Crippen LogP contribution in [-0.4, -0.2) is 25.1 Å². The maximum atomic E-state index is 12.5. The average molecular weight is 264 g/mol. The molecule has 0 bridgehead atoms. The number of ether oxygens (including phenoxy) is 1. The topological polar surface area (TPSA) is 46.5 Å². The Morgan fingerprint density at radius 3 is 2.00 bits per heavy atom. The molecule has 0 aliphatic heterocycles. The molecule has 106 valence electrons. The van der Waals surface area contributed by atoms with E-state index in [1.54, 1.807) is 0 Å². The second kappa shape index (κ2) is 17.9. The predicted octanol–water partition coefficient (Wildman–Crippen LogP) is 3.20. The van der Waals surface area contributed by atoms with Crippen molar-refractivity contribution >= 4 is 6.29 Å². The Morgan fingerprint density at radius 2 is 1.61 bits per heavy atom. The molecule has 0 aliphatic carbocycles. The van der Waals surface area contributed by atoms with E-state index in [2.05, 4.69) is 0 Å². The molecule has 1 aromatic carbocycles. The number of carbonyl (C=O) groups excluding carboxylic acids is 1. The molecular weight excluding hydrogens is 242 g/mol. The summed E-state index contributed by atoms with van der Waals surface area (Å²) in [6.07, 6.45) is 0.529. The molecule has 0 heterocycles. The van der Waals surface area contributed by atoms with E-state index < -0.39 is 11.6 Å². The fraction of sp³-hybridized carbons (Fsp3) is 0.462. The minimum Gasteiger partial charge on any atom is -0.486 e. The largest absolute Gasteiger partial charge is 0.486 e. The van der Waals surface area contributed by atoms with Crippen molar-refractivity contribution in [3.05, 3.63) is 29.8 Å². The van der Waals surface area contributed by atoms with Crippen LogP contribution in [0.4, 0.5) is 8.78 Å². The van der Waals surface area contributed by atoms with Crippen LogP contribution in [0.3, 0.4) is 0 Å². The quantitative estimate of drug-likeness (QED) is 0.853. The molecule has 0 fully saturated rings. The molecule has 18 heavy (non-hydrogen) atoms. The summed E-state index contributed by atoms with van der Waals surface area (Å²) in [4.78, 5) is 9.84. The molecule has 0 saturated carbocycles. The third kappa shape index (κ3) is 11.0. The molecule has 0 saturated heterocycles. The van der Waals surface area contributed by atoms with Crippen molar-refractivity contribution in [3.8, 4) is 5.75 Å². The minimum atomic E-state index is -0.988. The maximum absolute atomic E-state index is 12.5. The zero-order chi connectivity index (χ0) is 15.0. The molecule has 0 radical (unpaired) electrons. The van der Waals surface area contributed by atoms with E-state index in [0.717, 1.165) is 19.2 Å². The van der Waals surface area contributed by atoms with Crippen molar-refractivity contribution in [2.75, 3.05) is 13.7 Å². The van der Waals surface area contributed by atoms with Gasteiger partial charge in [-0.3, -0.25) is 4.79 Å². The van der Waals surface area contributed by atoms with Crippen LogP contribution in [0.1, 0.15) is 27.7 Å². The lowest BCUT2D eigenvalue weighted by molar-refractivity contribution is -0.109. The highest BCUT2D eigenvalue weighted by Gasteiger charge is 2.01. The van der Waals surface area contributed by atoms with Crippen LogP contribution in [0.25, 0.3) is 0 Å². The van der Waals surface area contributed by atoms with E-state index in [9.17, 15) is 13.6 Å². The van der Waals surface area contributed by atoms with E-state index in [-0.39, 0.29) is 12.4 Å². The highest BCUT2D eigenvalue weighted by atomic mass is 19.2. The molecule has 1 aromatic rings. The van der Waals surface area contributed by atoms with Crippen molar-refractivity contribution < 1.29 is 23.4 Å². The predicted molar refractivity (Wildman–Crippen MR) is 68.8 cm³/mol. The molecule has 0 aromatic heterocycles. The summed E-state index contributed by atoms with van der Waals surface area (Å²) in [7, 11) is 1.00. The maximum Gasteiger partial charge on any atom is 0.162 e. The first-order chi connectivity index (χ1) is 8.74. The Kier molecular flexibility index (Phi) is 21.6. The van der Waals surface area contributed by atoms with Crippen molar-refractivity contribution in [1.29, 1.82) is 0 Å². The first-order valence-corrected chi connectivity index (χ1v) is 5.70. The highest BCUT2D eigenvalue weighted by Crippen LogP contribution is 2.14. The summed E-state index contributed by atoms with van der Waals surface area (Å²) < 4.78 is 29.5. The van der Waals surface area contributed by atoms with Crippen LogP contribution in [0, 0.1) is 11.6 Å². The van der Waals surface area contributed by atoms with Crippen LogP contribution in [0.2, 0.25) is 0 Å².